The standard InChI is InChI=1S/C16H22N2O4/c1-20-13-7-3-2-6-12(13)17-15(19)18-14-8-4-5-9-16(14)21-10-11-22-16/h2-3,6-7,14H,4-5,8-11H2,1H3,(H2,17,18,19)/t14-/m1/s1. The van der Waals surface area contributed by atoms with Gasteiger partial charge in [-0.2, -0.15) is 0 Å². The highest BCUT2D eigenvalue weighted by Gasteiger charge is 2.46. The van der Waals surface area contributed by atoms with Gasteiger partial charge in [0.25, 0.3) is 0 Å². The monoisotopic (exact) mass is 306 g/mol. The Bertz CT molecular complexity index is 529. The van der Waals surface area contributed by atoms with Crippen LogP contribution < -0.4 is 15.4 Å². The van der Waals surface area contributed by atoms with Crippen molar-refractivity contribution in [2.75, 3.05) is 25.6 Å². The van der Waals surface area contributed by atoms with Gasteiger partial charge in [0, 0.05) is 6.42 Å². The third-order valence-electron chi connectivity index (χ3n) is 4.24. The maximum atomic E-state index is 12.3. The summed E-state index contributed by atoms with van der Waals surface area (Å²) in [6.45, 7) is 1.18. The van der Waals surface area contributed by atoms with Gasteiger partial charge in [0.15, 0.2) is 5.79 Å². The van der Waals surface area contributed by atoms with Crippen molar-refractivity contribution in [3.05, 3.63) is 24.3 Å². The van der Waals surface area contributed by atoms with Crippen LogP contribution in [0.3, 0.4) is 0 Å². The first-order valence-corrected chi connectivity index (χ1v) is 7.72. The van der Waals surface area contributed by atoms with Crippen molar-refractivity contribution in [1.29, 1.82) is 0 Å². The Morgan fingerprint density at radius 2 is 2.05 bits per heavy atom. The van der Waals surface area contributed by atoms with Crippen molar-refractivity contribution in [2.45, 2.75) is 37.5 Å². The second kappa shape index (κ2) is 6.54. The molecule has 3 rings (SSSR count). The predicted octanol–water partition coefficient (Wildman–Crippen LogP) is 2.50. The van der Waals surface area contributed by atoms with Crippen LogP contribution in [-0.2, 0) is 9.47 Å². The fraction of sp³-hybridized carbons (Fsp3) is 0.562. The number of carbonyl (C=O) groups excluding carboxylic acids is 1. The Morgan fingerprint density at radius 1 is 1.27 bits per heavy atom. The number of benzene rings is 1. The number of nitrogens with one attached hydrogen (secondary N) is 2. The van der Waals surface area contributed by atoms with Crippen LogP contribution in [0, 0.1) is 0 Å². The van der Waals surface area contributed by atoms with E-state index in [1.54, 1.807) is 19.2 Å². The van der Waals surface area contributed by atoms with Crippen LogP contribution in [0.4, 0.5) is 10.5 Å². The number of urea groups is 1. The molecule has 22 heavy (non-hydrogen) atoms. The normalized spacial score (nSPS) is 23.2. The van der Waals surface area contributed by atoms with Crippen LogP contribution >= 0.6 is 0 Å². The number of methoxy groups -OCH3 is 1. The number of rotatable bonds is 3. The summed E-state index contributed by atoms with van der Waals surface area (Å²) in [7, 11) is 1.58. The second-order valence-electron chi connectivity index (χ2n) is 5.61. The molecule has 2 aliphatic rings. The summed E-state index contributed by atoms with van der Waals surface area (Å²) >= 11 is 0. The van der Waals surface area contributed by atoms with E-state index in [0.29, 0.717) is 24.7 Å². The van der Waals surface area contributed by atoms with E-state index < -0.39 is 5.79 Å². The summed E-state index contributed by atoms with van der Waals surface area (Å²) in [5.74, 6) is -0.0134. The molecular weight excluding hydrogens is 284 g/mol. The topological polar surface area (TPSA) is 68.8 Å². The Kier molecular flexibility index (Phi) is 4.49. The van der Waals surface area contributed by atoms with Gasteiger partial charge in [-0.05, 0) is 25.0 Å². The van der Waals surface area contributed by atoms with Crippen molar-refractivity contribution < 1.29 is 19.0 Å². The van der Waals surface area contributed by atoms with Gasteiger partial charge in [0.2, 0.25) is 0 Å². The molecule has 2 fully saturated rings. The van der Waals surface area contributed by atoms with E-state index in [1.165, 1.54) is 0 Å². The minimum atomic E-state index is -0.642. The van der Waals surface area contributed by atoms with Gasteiger partial charge < -0.3 is 24.8 Å². The molecule has 0 radical (unpaired) electrons. The molecular formula is C16H22N2O4. The van der Waals surface area contributed by atoms with Crippen LogP contribution in [-0.4, -0.2) is 38.2 Å². The molecule has 1 aliphatic carbocycles. The number of anilines is 1. The molecule has 0 bridgehead atoms. The van der Waals surface area contributed by atoms with E-state index in [1.807, 2.05) is 12.1 Å². The first-order valence-electron chi connectivity index (χ1n) is 7.72. The molecule has 0 aromatic heterocycles. The summed E-state index contributed by atoms with van der Waals surface area (Å²) in [4.78, 5) is 12.3. The zero-order valence-corrected chi connectivity index (χ0v) is 12.8. The molecule has 6 heteroatoms. The fourth-order valence-electron chi connectivity index (χ4n) is 3.18. The number of ether oxygens (including phenoxy) is 3. The minimum Gasteiger partial charge on any atom is -0.495 e. The zero-order chi connectivity index (χ0) is 15.4. The van der Waals surface area contributed by atoms with Crippen LogP contribution in [0.15, 0.2) is 24.3 Å². The number of hydrogen-bond acceptors (Lipinski definition) is 4. The SMILES string of the molecule is COc1ccccc1NC(=O)N[C@@H]1CCCCC12OCCO2. The Labute approximate surface area is 130 Å². The summed E-state index contributed by atoms with van der Waals surface area (Å²) < 4.78 is 16.8. The average molecular weight is 306 g/mol. The molecule has 6 nitrogen and oxygen atoms in total. The lowest BCUT2D eigenvalue weighted by Crippen LogP contribution is -2.56. The third kappa shape index (κ3) is 3.03. The molecule has 1 saturated carbocycles. The molecule has 1 aromatic carbocycles. The second-order valence-corrected chi connectivity index (χ2v) is 5.61. The van der Waals surface area contributed by atoms with Crippen molar-refractivity contribution >= 4 is 11.7 Å². The summed E-state index contributed by atoms with van der Waals surface area (Å²) in [6.07, 6.45) is 3.81. The van der Waals surface area contributed by atoms with Gasteiger partial charge in [-0.3, -0.25) is 0 Å². The maximum Gasteiger partial charge on any atom is 0.319 e. The van der Waals surface area contributed by atoms with E-state index in [4.69, 9.17) is 14.2 Å². The van der Waals surface area contributed by atoms with Crippen LogP contribution in [0.2, 0.25) is 0 Å². The minimum absolute atomic E-state index is 0.126. The Balaban J connectivity index is 1.65. The van der Waals surface area contributed by atoms with Crippen LogP contribution in [0.1, 0.15) is 25.7 Å². The average Bonchev–Trinajstić information content (AvgIpc) is 2.99. The number of carbonyl (C=O) groups is 1. The maximum absolute atomic E-state index is 12.3. The first kappa shape index (κ1) is 15.1. The highest BCUT2D eigenvalue weighted by molar-refractivity contribution is 5.91. The van der Waals surface area contributed by atoms with Crippen LogP contribution in [0.25, 0.3) is 0 Å². The molecule has 2 N–H and O–H groups in total. The van der Waals surface area contributed by atoms with Crippen LogP contribution in [0.5, 0.6) is 5.75 Å². The highest BCUT2D eigenvalue weighted by Crippen LogP contribution is 2.36. The molecule has 1 saturated heterocycles. The Hall–Kier alpha value is -1.79. The first-order chi connectivity index (χ1) is 10.7. The summed E-state index contributed by atoms with van der Waals surface area (Å²) in [5, 5.41) is 5.82. The summed E-state index contributed by atoms with van der Waals surface area (Å²) in [5.41, 5.74) is 0.639. The Morgan fingerprint density at radius 3 is 2.82 bits per heavy atom. The molecule has 1 aliphatic heterocycles. The van der Waals surface area contributed by atoms with Crippen molar-refractivity contribution in [3.8, 4) is 5.75 Å². The number of amides is 2. The predicted molar refractivity (Wildman–Crippen MR) is 82.0 cm³/mol. The van der Waals surface area contributed by atoms with E-state index in [-0.39, 0.29) is 12.1 Å². The zero-order valence-electron chi connectivity index (χ0n) is 12.8. The van der Waals surface area contributed by atoms with Gasteiger partial charge in [-0.15, -0.1) is 0 Å². The number of para-hydroxylation sites is 2. The number of hydrogen-bond donors (Lipinski definition) is 2. The summed E-state index contributed by atoms with van der Waals surface area (Å²) in [6, 6.07) is 6.92. The molecule has 1 aromatic rings. The quantitative estimate of drug-likeness (QED) is 0.900. The lowest BCUT2D eigenvalue weighted by molar-refractivity contribution is -0.192. The smallest absolute Gasteiger partial charge is 0.319 e. The molecule has 1 spiro atoms. The fourth-order valence-corrected chi connectivity index (χ4v) is 3.18. The van der Waals surface area contributed by atoms with E-state index in [2.05, 4.69) is 10.6 Å². The van der Waals surface area contributed by atoms with Gasteiger partial charge >= 0.3 is 6.03 Å². The third-order valence-corrected chi connectivity index (χ3v) is 4.24. The molecule has 120 valence electrons. The largest absolute Gasteiger partial charge is 0.495 e. The molecule has 1 heterocycles. The van der Waals surface area contributed by atoms with Crippen molar-refractivity contribution in [1.82, 2.24) is 5.32 Å². The van der Waals surface area contributed by atoms with Crippen molar-refractivity contribution in [2.24, 2.45) is 0 Å². The molecule has 2 amide bonds. The lowest BCUT2D eigenvalue weighted by atomic mass is 9.89. The van der Waals surface area contributed by atoms with Gasteiger partial charge in [-0.25, -0.2) is 4.79 Å². The van der Waals surface area contributed by atoms with E-state index in [0.717, 1.165) is 25.7 Å². The van der Waals surface area contributed by atoms with Crippen molar-refractivity contribution in [3.63, 3.8) is 0 Å². The highest BCUT2D eigenvalue weighted by atomic mass is 16.7. The van der Waals surface area contributed by atoms with E-state index in [9.17, 15) is 4.79 Å². The van der Waals surface area contributed by atoms with Gasteiger partial charge in [0.1, 0.15) is 5.75 Å². The van der Waals surface area contributed by atoms with Gasteiger partial charge in [-0.1, -0.05) is 18.6 Å². The molecule has 0 unspecified atom stereocenters. The van der Waals surface area contributed by atoms with Gasteiger partial charge in [0.05, 0.1) is 32.1 Å². The molecule has 1 atom stereocenters. The van der Waals surface area contributed by atoms with E-state index >= 15 is 0 Å². The lowest BCUT2D eigenvalue weighted by Gasteiger charge is -2.39.